The van der Waals surface area contributed by atoms with Crippen LogP contribution in [-0.2, 0) is 0 Å². The van der Waals surface area contributed by atoms with E-state index in [1.54, 1.807) is 8.79 Å². The van der Waals surface area contributed by atoms with E-state index in [1.807, 2.05) is 0 Å². The van der Waals surface area contributed by atoms with Crippen molar-refractivity contribution in [2.45, 2.75) is 37.2 Å². The Morgan fingerprint density at radius 3 is 1.37 bits per heavy atom. The van der Waals surface area contributed by atoms with Gasteiger partial charge in [-0.1, -0.05) is 0 Å². The van der Waals surface area contributed by atoms with Gasteiger partial charge in [0.2, 0.25) is 0 Å². The maximum absolute atomic E-state index is 2.44. The average Bonchev–Trinajstić information content (AvgIpc) is 2.70. The molecule has 2 aromatic rings. The number of benzene rings is 2. The van der Waals surface area contributed by atoms with Gasteiger partial charge in [-0.25, -0.2) is 0 Å². The summed E-state index contributed by atoms with van der Waals surface area (Å²) in [6, 6.07) is 18.3. The zero-order valence-electron chi connectivity index (χ0n) is 12.3. The first-order valence-corrected chi connectivity index (χ1v) is 11.8. The van der Waals surface area contributed by atoms with E-state index in [4.69, 9.17) is 0 Å². The van der Waals surface area contributed by atoms with Gasteiger partial charge in [0.1, 0.15) is 0 Å². The van der Waals surface area contributed by atoms with Gasteiger partial charge in [0.05, 0.1) is 0 Å². The van der Waals surface area contributed by atoms with Crippen molar-refractivity contribution in [2.24, 2.45) is 0 Å². The standard InChI is InChI=1S/C18H22Ge/c1-13(2)19(14(3)4)17-11-7-5-9-15(17)16-10-6-8-12-18(16)19/h5-14H,1-4H3. The van der Waals surface area contributed by atoms with Gasteiger partial charge in [0, 0.05) is 0 Å². The van der Waals surface area contributed by atoms with Crippen molar-refractivity contribution in [1.29, 1.82) is 0 Å². The van der Waals surface area contributed by atoms with Crippen molar-refractivity contribution in [3.05, 3.63) is 48.5 Å². The predicted octanol–water partition coefficient (Wildman–Crippen LogP) is 4.05. The van der Waals surface area contributed by atoms with E-state index in [2.05, 4.69) is 76.2 Å². The molecule has 0 aromatic heterocycles. The molecule has 1 heteroatoms. The summed E-state index contributed by atoms with van der Waals surface area (Å²) in [5, 5.41) is 0. The number of hydrogen-bond acceptors (Lipinski definition) is 0. The summed E-state index contributed by atoms with van der Waals surface area (Å²) in [4.78, 5) is 0. The van der Waals surface area contributed by atoms with E-state index >= 15 is 0 Å². The zero-order chi connectivity index (χ0) is 13.6. The molecule has 1 aliphatic heterocycles. The van der Waals surface area contributed by atoms with Crippen LogP contribution in [-0.4, -0.2) is 13.3 Å². The van der Waals surface area contributed by atoms with Crippen LogP contribution in [0.1, 0.15) is 27.7 Å². The fourth-order valence-corrected chi connectivity index (χ4v) is 17.2. The molecule has 0 atom stereocenters. The van der Waals surface area contributed by atoms with Gasteiger partial charge in [-0.15, -0.1) is 0 Å². The molecule has 0 nitrogen and oxygen atoms in total. The van der Waals surface area contributed by atoms with Crippen molar-refractivity contribution >= 4 is 22.1 Å². The van der Waals surface area contributed by atoms with Crippen LogP contribution < -0.4 is 8.79 Å². The molecule has 0 radical (unpaired) electrons. The Morgan fingerprint density at radius 2 is 1.00 bits per heavy atom. The van der Waals surface area contributed by atoms with E-state index < -0.39 is 13.3 Å². The maximum atomic E-state index is 2.44. The van der Waals surface area contributed by atoms with Crippen molar-refractivity contribution in [1.82, 2.24) is 0 Å². The molecule has 1 heterocycles. The Bertz CT molecular complexity index is 555. The third kappa shape index (κ3) is 1.59. The Hall–Kier alpha value is -1.02. The van der Waals surface area contributed by atoms with Crippen molar-refractivity contribution in [3.63, 3.8) is 0 Å². The molecule has 0 unspecified atom stereocenters. The van der Waals surface area contributed by atoms with Crippen LogP contribution >= 0.6 is 0 Å². The molecule has 0 saturated heterocycles. The zero-order valence-corrected chi connectivity index (χ0v) is 14.4. The van der Waals surface area contributed by atoms with E-state index in [-0.39, 0.29) is 0 Å². The molecule has 0 bridgehead atoms. The molecule has 0 spiro atoms. The number of fused-ring (bicyclic) bond motifs is 3. The Kier molecular flexibility index (Phi) is 3.09. The van der Waals surface area contributed by atoms with Crippen LogP contribution in [0.4, 0.5) is 0 Å². The SMILES string of the molecule is C[CH](C)[Ge]1([CH](C)C)[c]2ccccc2-c2cccc[c]21. The second-order valence-electron chi connectivity index (χ2n) is 6.27. The van der Waals surface area contributed by atoms with Gasteiger partial charge in [0.15, 0.2) is 0 Å². The summed E-state index contributed by atoms with van der Waals surface area (Å²) < 4.78 is 4.97. The minimum atomic E-state index is -2.25. The van der Waals surface area contributed by atoms with E-state index in [0.717, 1.165) is 9.50 Å². The quantitative estimate of drug-likeness (QED) is 0.734. The summed E-state index contributed by atoms with van der Waals surface area (Å²) in [5.41, 5.74) is 3.03. The van der Waals surface area contributed by atoms with Crippen LogP contribution in [0.3, 0.4) is 0 Å². The normalized spacial score (nSPS) is 15.7. The fraction of sp³-hybridized carbons (Fsp3) is 0.333. The Balaban J connectivity index is 2.42. The molecule has 98 valence electrons. The molecule has 0 saturated carbocycles. The van der Waals surface area contributed by atoms with Crippen molar-refractivity contribution in [2.75, 3.05) is 0 Å². The van der Waals surface area contributed by atoms with Gasteiger partial charge in [0.25, 0.3) is 0 Å². The van der Waals surface area contributed by atoms with Gasteiger partial charge in [-0.3, -0.25) is 0 Å². The Labute approximate surface area is 119 Å². The monoisotopic (exact) mass is 312 g/mol. The fourth-order valence-electron chi connectivity index (χ4n) is 4.21. The molecule has 3 rings (SSSR count). The topological polar surface area (TPSA) is 0 Å². The molecular weight excluding hydrogens is 289 g/mol. The van der Waals surface area contributed by atoms with Gasteiger partial charge in [-0.2, -0.15) is 0 Å². The predicted molar refractivity (Wildman–Crippen MR) is 87.1 cm³/mol. The second kappa shape index (κ2) is 4.52. The van der Waals surface area contributed by atoms with E-state index in [1.165, 1.54) is 11.1 Å². The van der Waals surface area contributed by atoms with Crippen LogP contribution in [0.5, 0.6) is 0 Å². The number of rotatable bonds is 2. The molecule has 0 fully saturated rings. The van der Waals surface area contributed by atoms with Gasteiger partial charge >= 0.3 is 119 Å². The molecular formula is C18H22Ge. The molecule has 1 aliphatic rings. The van der Waals surface area contributed by atoms with Crippen LogP contribution in [0.15, 0.2) is 48.5 Å². The third-order valence-corrected chi connectivity index (χ3v) is 18.1. The summed E-state index contributed by atoms with van der Waals surface area (Å²) in [5.74, 6) is 0. The first-order valence-electron chi connectivity index (χ1n) is 7.29. The van der Waals surface area contributed by atoms with Gasteiger partial charge < -0.3 is 0 Å². The van der Waals surface area contributed by atoms with Crippen LogP contribution in [0, 0.1) is 0 Å². The Morgan fingerprint density at radius 1 is 0.632 bits per heavy atom. The summed E-state index contributed by atoms with van der Waals surface area (Å²) in [7, 11) is 0. The number of hydrogen-bond donors (Lipinski definition) is 0. The summed E-state index contributed by atoms with van der Waals surface area (Å²) in [6.07, 6.45) is 0. The third-order valence-electron chi connectivity index (χ3n) is 4.86. The minimum absolute atomic E-state index is 0.782. The molecule has 19 heavy (non-hydrogen) atoms. The molecule has 2 aromatic carbocycles. The second-order valence-corrected chi connectivity index (χ2v) is 17.0. The molecule has 0 amide bonds. The molecule has 0 N–H and O–H groups in total. The summed E-state index contributed by atoms with van der Waals surface area (Å²) >= 11 is -2.25. The van der Waals surface area contributed by atoms with E-state index in [9.17, 15) is 0 Å². The van der Waals surface area contributed by atoms with Crippen molar-refractivity contribution < 1.29 is 0 Å². The van der Waals surface area contributed by atoms with Crippen LogP contribution in [0.25, 0.3) is 11.1 Å². The van der Waals surface area contributed by atoms with Crippen LogP contribution in [0.2, 0.25) is 9.50 Å². The van der Waals surface area contributed by atoms with Gasteiger partial charge in [-0.05, 0) is 0 Å². The average molecular weight is 311 g/mol. The van der Waals surface area contributed by atoms with Crippen molar-refractivity contribution in [3.8, 4) is 11.1 Å². The first kappa shape index (κ1) is 13.0. The first-order chi connectivity index (χ1) is 9.10. The molecule has 0 aliphatic carbocycles. The summed E-state index contributed by atoms with van der Waals surface area (Å²) in [6.45, 7) is 9.77. The van der Waals surface area contributed by atoms with E-state index in [0.29, 0.717) is 0 Å².